The van der Waals surface area contributed by atoms with E-state index in [-0.39, 0.29) is 0 Å². The molecule has 0 heterocycles. The molecular formula is C12H14O10. The average molecular weight is 318 g/mol. The molecule has 0 aliphatic carbocycles. The van der Waals surface area contributed by atoms with Gasteiger partial charge in [0.2, 0.25) is 11.6 Å². The van der Waals surface area contributed by atoms with Gasteiger partial charge in [-0.25, -0.2) is 9.59 Å². The van der Waals surface area contributed by atoms with Gasteiger partial charge in [0.25, 0.3) is 0 Å². The summed E-state index contributed by atoms with van der Waals surface area (Å²) in [7, 11) is 0. The summed E-state index contributed by atoms with van der Waals surface area (Å²) in [6.45, 7) is -0.0590. The van der Waals surface area contributed by atoms with E-state index < -0.39 is 60.5 Å². The maximum Gasteiger partial charge on any atom is 0.336 e. The molecule has 0 amide bonds. The highest BCUT2D eigenvalue weighted by molar-refractivity contribution is 6.37. The molecular weight excluding hydrogens is 304 g/mol. The van der Waals surface area contributed by atoms with Crippen molar-refractivity contribution in [1.82, 2.24) is 0 Å². The lowest BCUT2D eigenvalue weighted by Crippen LogP contribution is -2.45. The van der Waals surface area contributed by atoms with Crippen LogP contribution in [0.3, 0.4) is 0 Å². The van der Waals surface area contributed by atoms with Crippen molar-refractivity contribution in [3.63, 3.8) is 0 Å². The van der Waals surface area contributed by atoms with E-state index >= 15 is 0 Å². The molecule has 0 saturated carbocycles. The number of hydrogen-bond donors (Lipinski definition) is 2. The Balaban J connectivity index is 4.96. The number of carbonyl (C=O) groups is 6. The number of rotatable bonds is 11. The number of Topliss-reactive ketones (excluding diaryl/α,β-unsaturated/α-hetero) is 4. The Morgan fingerprint density at radius 3 is 1.18 bits per heavy atom. The Hall–Kier alpha value is -2.46. The molecule has 2 unspecified atom stereocenters. The molecule has 0 aromatic carbocycles. The van der Waals surface area contributed by atoms with Crippen molar-refractivity contribution in [1.29, 1.82) is 0 Å². The van der Waals surface area contributed by atoms with Crippen LogP contribution in [0.1, 0.15) is 13.8 Å². The van der Waals surface area contributed by atoms with Crippen molar-refractivity contribution in [2.75, 3.05) is 13.2 Å². The lowest BCUT2D eigenvalue weighted by molar-refractivity contribution is -0.178. The number of hydrogen-bond acceptors (Lipinski definition) is 8. The zero-order chi connectivity index (χ0) is 17.4. The van der Waals surface area contributed by atoms with Gasteiger partial charge in [-0.15, -0.1) is 0 Å². The number of carboxylic acid groups (broad SMARTS) is 2. The molecule has 122 valence electrons. The minimum atomic E-state index is -2.14. The zero-order valence-electron chi connectivity index (χ0n) is 11.7. The molecule has 22 heavy (non-hydrogen) atoms. The van der Waals surface area contributed by atoms with Crippen LogP contribution in [0.5, 0.6) is 0 Å². The summed E-state index contributed by atoms with van der Waals surface area (Å²) >= 11 is 0. The first-order chi connectivity index (χ1) is 10.1. The summed E-state index contributed by atoms with van der Waals surface area (Å²) < 4.78 is 9.14. The maximum absolute atomic E-state index is 11.1. The van der Waals surface area contributed by atoms with Gasteiger partial charge in [0.05, 0.1) is 0 Å². The second kappa shape index (κ2) is 8.74. The van der Waals surface area contributed by atoms with Crippen molar-refractivity contribution in [2.45, 2.75) is 26.1 Å². The van der Waals surface area contributed by atoms with Crippen LogP contribution >= 0.6 is 0 Å². The minimum absolute atomic E-state index is 0.899. The highest BCUT2D eigenvalue weighted by Crippen LogP contribution is 2.07. The second-order valence-corrected chi connectivity index (χ2v) is 4.10. The maximum atomic E-state index is 11.1. The van der Waals surface area contributed by atoms with Crippen molar-refractivity contribution in [3.05, 3.63) is 0 Å². The largest absolute Gasteiger partial charge is 0.479 e. The molecule has 0 bridgehead atoms. The highest BCUT2D eigenvalue weighted by Gasteiger charge is 2.37. The minimum Gasteiger partial charge on any atom is -0.479 e. The van der Waals surface area contributed by atoms with E-state index in [2.05, 4.69) is 9.47 Å². The summed E-state index contributed by atoms with van der Waals surface area (Å²) in [6, 6.07) is 0. The highest BCUT2D eigenvalue weighted by atomic mass is 16.6. The Bertz CT molecular complexity index is 460. The Kier molecular flexibility index (Phi) is 7.77. The molecule has 10 heteroatoms. The summed E-state index contributed by atoms with van der Waals surface area (Å²) in [4.78, 5) is 65.5. The van der Waals surface area contributed by atoms with Gasteiger partial charge in [-0.3, -0.25) is 19.2 Å². The third-order valence-electron chi connectivity index (χ3n) is 2.34. The lowest BCUT2D eigenvalue weighted by atomic mass is 10.2. The van der Waals surface area contributed by atoms with E-state index in [1.54, 1.807) is 0 Å². The van der Waals surface area contributed by atoms with E-state index in [4.69, 9.17) is 10.2 Å². The third-order valence-corrected chi connectivity index (χ3v) is 2.34. The van der Waals surface area contributed by atoms with Crippen molar-refractivity contribution >= 4 is 35.1 Å². The molecule has 0 aromatic heterocycles. The number of aliphatic carboxylic acids is 2. The van der Waals surface area contributed by atoms with Crippen LogP contribution in [0.15, 0.2) is 0 Å². The van der Waals surface area contributed by atoms with Crippen molar-refractivity contribution in [3.8, 4) is 0 Å². The fraction of sp³-hybridized carbons (Fsp3) is 0.500. The fourth-order valence-corrected chi connectivity index (χ4v) is 1.11. The predicted octanol–water partition coefficient (Wildman–Crippen LogP) is -1.76. The second-order valence-electron chi connectivity index (χ2n) is 4.10. The smallest absolute Gasteiger partial charge is 0.336 e. The molecule has 0 aliphatic heterocycles. The fourth-order valence-electron chi connectivity index (χ4n) is 1.11. The van der Waals surface area contributed by atoms with Gasteiger partial charge in [-0.2, -0.15) is 0 Å². The Labute approximate surface area is 124 Å². The monoisotopic (exact) mass is 318 g/mol. The molecule has 0 saturated heterocycles. The summed E-state index contributed by atoms with van der Waals surface area (Å²) in [6.07, 6.45) is -4.28. The van der Waals surface area contributed by atoms with Gasteiger partial charge in [-0.1, -0.05) is 0 Å². The van der Waals surface area contributed by atoms with E-state index in [0.717, 1.165) is 13.8 Å². The van der Waals surface area contributed by atoms with Gasteiger partial charge in [0.1, 0.15) is 13.2 Å². The van der Waals surface area contributed by atoms with Crippen LogP contribution in [0.4, 0.5) is 0 Å². The standard InChI is InChI=1S/C12H14O10/c1-5(13)7(15)3-21-9(11(17)18)10(12(19)20)22-4-8(16)6(2)14/h9-10H,3-4H2,1-2H3,(H,17,18)(H,19,20). The van der Waals surface area contributed by atoms with E-state index in [1.807, 2.05) is 0 Å². The predicted molar refractivity (Wildman–Crippen MR) is 66.1 cm³/mol. The van der Waals surface area contributed by atoms with E-state index in [0.29, 0.717) is 0 Å². The van der Waals surface area contributed by atoms with Gasteiger partial charge in [0.15, 0.2) is 23.8 Å². The van der Waals surface area contributed by atoms with Crippen LogP contribution in [-0.2, 0) is 38.2 Å². The lowest BCUT2D eigenvalue weighted by Gasteiger charge is -2.20. The van der Waals surface area contributed by atoms with E-state index in [1.165, 1.54) is 0 Å². The zero-order valence-corrected chi connectivity index (χ0v) is 11.7. The molecule has 0 aliphatic rings. The van der Waals surface area contributed by atoms with Gasteiger partial charge in [0, 0.05) is 13.8 Å². The number of ether oxygens (including phenoxy) is 2. The summed E-state index contributed by atoms with van der Waals surface area (Å²) in [5.41, 5.74) is 0. The first-order valence-electron chi connectivity index (χ1n) is 5.84. The molecule has 2 N–H and O–H groups in total. The molecule has 0 radical (unpaired) electrons. The molecule has 0 spiro atoms. The molecule has 0 fully saturated rings. The normalized spacial score (nSPS) is 13.0. The van der Waals surface area contributed by atoms with Crippen LogP contribution < -0.4 is 0 Å². The van der Waals surface area contributed by atoms with Crippen LogP contribution in [-0.4, -0.2) is 70.7 Å². The van der Waals surface area contributed by atoms with Crippen LogP contribution in [0.2, 0.25) is 0 Å². The van der Waals surface area contributed by atoms with Gasteiger partial charge < -0.3 is 19.7 Å². The van der Waals surface area contributed by atoms with Gasteiger partial charge in [-0.05, 0) is 0 Å². The quantitative estimate of drug-likeness (QED) is 0.417. The summed E-state index contributed by atoms with van der Waals surface area (Å²) in [5.74, 6) is -7.48. The topological polar surface area (TPSA) is 161 Å². The van der Waals surface area contributed by atoms with Crippen LogP contribution in [0, 0.1) is 0 Å². The SMILES string of the molecule is CC(=O)C(=O)COC(C(=O)O)C(OCC(=O)C(C)=O)C(=O)O. The average Bonchev–Trinajstić information content (AvgIpc) is 2.40. The Morgan fingerprint density at radius 1 is 0.727 bits per heavy atom. The number of carboxylic acids is 2. The number of ketones is 4. The molecule has 0 aromatic rings. The summed E-state index contributed by atoms with van der Waals surface area (Å²) in [5, 5.41) is 17.8. The van der Waals surface area contributed by atoms with Crippen molar-refractivity contribution in [2.24, 2.45) is 0 Å². The first kappa shape index (κ1) is 19.5. The number of carbonyl (C=O) groups excluding carboxylic acids is 4. The van der Waals surface area contributed by atoms with E-state index in [9.17, 15) is 28.8 Å². The third kappa shape index (κ3) is 6.33. The molecule has 2 atom stereocenters. The molecule has 10 nitrogen and oxygen atoms in total. The van der Waals surface area contributed by atoms with Gasteiger partial charge >= 0.3 is 11.9 Å². The Morgan fingerprint density at radius 2 is 1.00 bits per heavy atom. The molecule has 0 rings (SSSR count). The van der Waals surface area contributed by atoms with Crippen molar-refractivity contribution < 1.29 is 48.5 Å². The van der Waals surface area contributed by atoms with Crippen LogP contribution in [0.25, 0.3) is 0 Å². The first-order valence-corrected chi connectivity index (χ1v) is 5.84.